The predicted octanol–water partition coefficient (Wildman–Crippen LogP) is 1.67. The predicted molar refractivity (Wildman–Crippen MR) is 67.8 cm³/mol. The van der Waals surface area contributed by atoms with E-state index in [-0.39, 0.29) is 5.82 Å². The van der Waals surface area contributed by atoms with Gasteiger partial charge >= 0.3 is 0 Å². The number of nitrogens with two attached hydrogens (primary N) is 1. The van der Waals surface area contributed by atoms with Crippen LogP contribution in [-0.4, -0.2) is 23.5 Å². The van der Waals surface area contributed by atoms with Crippen LogP contribution in [0.2, 0.25) is 0 Å². The summed E-state index contributed by atoms with van der Waals surface area (Å²) in [5.41, 5.74) is 7.94. The van der Waals surface area contributed by atoms with Crippen molar-refractivity contribution in [2.75, 3.05) is 19.5 Å². The number of ether oxygens (including phenoxy) is 2. The molecule has 0 unspecified atom stereocenters. The number of aromatic nitrogens is 2. The van der Waals surface area contributed by atoms with Crippen molar-refractivity contribution in [1.29, 1.82) is 0 Å². The van der Waals surface area contributed by atoms with E-state index in [1.165, 1.54) is 13.2 Å². The number of halogens is 1. The van der Waals surface area contributed by atoms with Gasteiger partial charge in [0.2, 0.25) is 0 Å². The Labute approximate surface area is 109 Å². The highest BCUT2D eigenvalue weighted by Crippen LogP contribution is 2.28. The Hall–Kier alpha value is -2.08. The summed E-state index contributed by atoms with van der Waals surface area (Å²) in [5.74, 6) is 0.598. The molecule has 0 atom stereocenters. The third-order valence-electron chi connectivity index (χ3n) is 3.23. The van der Waals surface area contributed by atoms with Crippen LogP contribution in [0.15, 0.2) is 18.2 Å². The Kier molecular flexibility index (Phi) is 2.87. The fraction of sp³-hybridized carbons (Fsp3) is 0.308. The SMILES string of the molecule is COc1ccc(F)c(-n2nc(N)c3c2CCOC3)c1. The van der Waals surface area contributed by atoms with Crippen molar-refractivity contribution in [1.82, 2.24) is 9.78 Å². The first-order valence-corrected chi connectivity index (χ1v) is 5.98. The Balaban J connectivity index is 2.17. The molecule has 5 nitrogen and oxygen atoms in total. The number of hydrogen-bond donors (Lipinski definition) is 1. The van der Waals surface area contributed by atoms with E-state index in [4.69, 9.17) is 15.2 Å². The van der Waals surface area contributed by atoms with Gasteiger partial charge < -0.3 is 15.2 Å². The van der Waals surface area contributed by atoms with Gasteiger partial charge in [-0.15, -0.1) is 5.10 Å². The average molecular weight is 263 g/mol. The number of nitrogens with zero attached hydrogens (tertiary/aromatic N) is 2. The van der Waals surface area contributed by atoms with Crippen molar-refractivity contribution in [3.05, 3.63) is 35.3 Å². The van der Waals surface area contributed by atoms with Gasteiger partial charge in [-0.3, -0.25) is 0 Å². The lowest BCUT2D eigenvalue weighted by Crippen LogP contribution is -2.13. The van der Waals surface area contributed by atoms with Crippen LogP contribution in [0.1, 0.15) is 11.3 Å². The molecule has 2 heterocycles. The van der Waals surface area contributed by atoms with Crippen molar-refractivity contribution in [2.45, 2.75) is 13.0 Å². The van der Waals surface area contributed by atoms with E-state index >= 15 is 0 Å². The van der Waals surface area contributed by atoms with Crippen molar-refractivity contribution in [3.8, 4) is 11.4 Å². The molecular formula is C13H14FN3O2. The quantitative estimate of drug-likeness (QED) is 0.895. The molecule has 0 saturated heterocycles. The molecule has 0 bridgehead atoms. The summed E-state index contributed by atoms with van der Waals surface area (Å²) >= 11 is 0. The molecule has 0 spiro atoms. The standard InChI is InChI=1S/C13H14FN3O2/c1-18-8-2-3-10(14)12(6-8)17-11-4-5-19-7-9(11)13(15)16-17/h2-3,6H,4-5,7H2,1H3,(H2,15,16). The molecule has 3 rings (SSSR count). The van der Waals surface area contributed by atoms with Gasteiger partial charge in [-0.1, -0.05) is 0 Å². The second-order valence-corrected chi connectivity index (χ2v) is 4.34. The lowest BCUT2D eigenvalue weighted by atomic mass is 10.1. The van der Waals surface area contributed by atoms with Gasteiger partial charge in [0, 0.05) is 18.1 Å². The number of fused-ring (bicyclic) bond motifs is 1. The van der Waals surface area contributed by atoms with Crippen LogP contribution in [0.25, 0.3) is 5.69 Å². The minimum absolute atomic E-state index is 0.342. The molecule has 0 aliphatic carbocycles. The van der Waals surface area contributed by atoms with E-state index in [9.17, 15) is 4.39 Å². The minimum Gasteiger partial charge on any atom is -0.497 e. The van der Waals surface area contributed by atoms with Gasteiger partial charge in [-0.2, -0.15) is 0 Å². The summed E-state index contributed by atoms with van der Waals surface area (Å²) in [6.45, 7) is 1.01. The number of methoxy groups -OCH3 is 1. The zero-order chi connectivity index (χ0) is 13.4. The topological polar surface area (TPSA) is 62.3 Å². The Morgan fingerprint density at radius 3 is 3.11 bits per heavy atom. The lowest BCUT2D eigenvalue weighted by molar-refractivity contribution is 0.110. The maximum atomic E-state index is 14.0. The van der Waals surface area contributed by atoms with Crippen LogP contribution < -0.4 is 10.5 Å². The van der Waals surface area contributed by atoms with Gasteiger partial charge in [0.15, 0.2) is 5.82 Å². The first-order chi connectivity index (χ1) is 9.20. The summed E-state index contributed by atoms with van der Waals surface area (Å²) in [7, 11) is 1.54. The third kappa shape index (κ3) is 1.94. The molecular weight excluding hydrogens is 249 g/mol. The molecule has 1 aromatic heterocycles. The van der Waals surface area contributed by atoms with Gasteiger partial charge in [0.05, 0.1) is 26.0 Å². The smallest absolute Gasteiger partial charge is 0.151 e. The van der Waals surface area contributed by atoms with E-state index in [1.54, 1.807) is 16.8 Å². The van der Waals surface area contributed by atoms with Crippen molar-refractivity contribution in [2.24, 2.45) is 0 Å². The number of nitrogen functional groups attached to an aromatic ring is 1. The third-order valence-corrected chi connectivity index (χ3v) is 3.23. The minimum atomic E-state index is -0.363. The highest BCUT2D eigenvalue weighted by Gasteiger charge is 2.22. The maximum Gasteiger partial charge on any atom is 0.151 e. The first kappa shape index (κ1) is 12.0. The van der Waals surface area contributed by atoms with Crippen LogP contribution in [-0.2, 0) is 17.8 Å². The zero-order valence-electron chi connectivity index (χ0n) is 10.5. The van der Waals surface area contributed by atoms with E-state index in [0.717, 1.165) is 11.3 Å². The van der Waals surface area contributed by atoms with Crippen LogP contribution in [0.3, 0.4) is 0 Å². The fourth-order valence-corrected chi connectivity index (χ4v) is 2.24. The maximum absolute atomic E-state index is 14.0. The Morgan fingerprint density at radius 2 is 2.32 bits per heavy atom. The molecule has 1 aromatic carbocycles. The zero-order valence-corrected chi connectivity index (χ0v) is 10.5. The van der Waals surface area contributed by atoms with Gasteiger partial charge in [-0.25, -0.2) is 9.07 Å². The van der Waals surface area contributed by atoms with Gasteiger partial charge in [-0.05, 0) is 12.1 Å². The van der Waals surface area contributed by atoms with E-state index in [2.05, 4.69) is 5.10 Å². The lowest BCUT2D eigenvalue weighted by Gasteiger charge is -2.15. The molecule has 0 fully saturated rings. The summed E-state index contributed by atoms with van der Waals surface area (Å²) < 4.78 is 26.0. The monoisotopic (exact) mass is 263 g/mol. The number of benzene rings is 1. The Morgan fingerprint density at radius 1 is 1.47 bits per heavy atom. The summed E-state index contributed by atoms with van der Waals surface area (Å²) in [6.07, 6.45) is 0.663. The molecule has 0 radical (unpaired) electrons. The largest absolute Gasteiger partial charge is 0.497 e. The summed E-state index contributed by atoms with van der Waals surface area (Å²) in [6, 6.07) is 4.54. The summed E-state index contributed by atoms with van der Waals surface area (Å²) in [5, 5.41) is 4.22. The number of rotatable bonds is 2. The molecule has 1 aliphatic rings. The van der Waals surface area contributed by atoms with E-state index in [1.807, 2.05) is 0 Å². The van der Waals surface area contributed by atoms with Crippen LogP contribution in [0.4, 0.5) is 10.2 Å². The second kappa shape index (κ2) is 4.55. The van der Waals surface area contributed by atoms with Crippen LogP contribution in [0, 0.1) is 5.82 Å². The molecule has 2 N–H and O–H groups in total. The Bertz CT molecular complexity index is 625. The van der Waals surface area contributed by atoms with E-state index in [0.29, 0.717) is 36.9 Å². The normalized spacial score (nSPS) is 14.2. The summed E-state index contributed by atoms with van der Waals surface area (Å²) in [4.78, 5) is 0. The van der Waals surface area contributed by atoms with Gasteiger partial charge in [0.25, 0.3) is 0 Å². The van der Waals surface area contributed by atoms with Crippen LogP contribution >= 0.6 is 0 Å². The van der Waals surface area contributed by atoms with Gasteiger partial charge in [0.1, 0.15) is 17.3 Å². The first-order valence-electron chi connectivity index (χ1n) is 5.98. The molecule has 1 aliphatic heterocycles. The number of anilines is 1. The van der Waals surface area contributed by atoms with Crippen molar-refractivity contribution in [3.63, 3.8) is 0 Å². The molecule has 100 valence electrons. The second-order valence-electron chi connectivity index (χ2n) is 4.34. The number of hydrogen-bond acceptors (Lipinski definition) is 4. The van der Waals surface area contributed by atoms with Crippen LogP contribution in [0.5, 0.6) is 5.75 Å². The highest BCUT2D eigenvalue weighted by molar-refractivity contribution is 5.49. The van der Waals surface area contributed by atoms with Crippen molar-refractivity contribution < 1.29 is 13.9 Å². The van der Waals surface area contributed by atoms with Crippen molar-refractivity contribution >= 4 is 5.82 Å². The average Bonchev–Trinajstić information content (AvgIpc) is 2.77. The fourth-order valence-electron chi connectivity index (χ4n) is 2.24. The molecule has 2 aromatic rings. The molecule has 19 heavy (non-hydrogen) atoms. The molecule has 0 amide bonds. The highest BCUT2D eigenvalue weighted by atomic mass is 19.1. The molecule has 0 saturated carbocycles. The molecule has 6 heteroatoms. The van der Waals surface area contributed by atoms with E-state index < -0.39 is 0 Å².